The lowest BCUT2D eigenvalue weighted by Gasteiger charge is -2.10. The van der Waals surface area contributed by atoms with Crippen LogP contribution in [0.25, 0.3) is 0 Å². The van der Waals surface area contributed by atoms with Gasteiger partial charge in [0.25, 0.3) is 5.91 Å². The van der Waals surface area contributed by atoms with Crippen LogP contribution in [0, 0.1) is 19.8 Å². The summed E-state index contributed by atoms with van der Waals surface area (Å²) in [7, 11) is 0. The minimum Gasteiger partial charge on any atom is -0.384 e. The van der Waals surface area contributed by atoms with E-state index in [0.717, 1.165) is 23.5 Å². The third-order valence-electron chi connectivity index (χ3n) is 3.34. The molecule has 0 saturated heterocycles. The van der Waals surface area contributed by atoms with Crippen LogP contribution in [0.3, 0.4) is 0 Å². The zero-order valence-corrected chi connectivity index (χ0v) is 13.6. The van der Waals surface area contributed by atoms with Gasteiger partial charge in [-0.05, 0) is 43.5 Å². The zero-order chi connectivity index (χ0) is 16.1. The van der Waals surface area contributed by atoms with Crippen LogP contribution in [0.5, 0.6) is 0 Å². The number of carbonyl (C=O) groups excluding carboxylic acids is 1. The molecule has 2 N–H and O–H groups in total. The van der Waals surface area contributed by atoms with Crippen molar-refractivity contribution in [2.45, 2.75) is 27.7 Å². The van der Waals surface area contributed by atoms with Gasteiger partial charge < -0.3 is 10.6 Å². The van der Waals surface area contributed by atoms with E-state index in [0.29, 0.717) is 11.6 Å². The number of hydrogen-bond donors (Lipinski definition) is 2. The highest BCUT2D eigenvalue weighted by molar-refractivity contribution is 6.03. The number of benzene rings is 1. The van der Waals surface area contributed by atoms with E-state index in [-0.39, 0.29) is 5.91 Å². The number of rotatable bonds is 5. The van der Waals surface area contributed by atoms with E-state index in [1.54, 1.807) is 12.3 Å². The molecule has 1 heterocycles. The number of aromatic nitrogens is 1. The molecule has 1 amide bonds. The number of nitrogens with zero attached hydrogens (tertiary/aromatic N) is 1. The molecular formula is C18H23N3O. The Morgan fingerprint density at radius 2 is 1.95 bits per heavy atom. The van der Waals surface area contributed by atoms with Crippen LogP contribution >= 0.6 is 0 Å². The van der Waals surface area contributed by atoms with Crippen molar-refractivity contribution in [3.8, 4) is 0 Å². The molecule has 0 bridgehead atoms. The fourth-order valence-corrected chi connectivity index (χ4v) is 2.09. The third-order valence-corrected chi connectivity index (χ3v) is 3.34. The number of pyridine rings is 1. The van der Waals surface area contributed by atoms with Gasteiger partial charge in [-0.1, -0.05) is 31.5 Å². The molecule has 0 aliphatic heterocycles. The van der Waals surface area contributed by atoms with Crippen molar-refractivity contribution in [3.05, 3.63) is 53.3 Å². The molecule has 0 aliphatic rings. The SMILES string of the molecule is Cc1ccc(NC(=O)c2ccc(NCC(C)C)cn2)c(C)c1. The van der Waals surface area contributed by atoms with Crippen molar-refractivity contribution >= 4 is 17.3 Å². The van der Waals surface area contributed by atoms with Gasteiger partial charge in [0, 0.05) is 12.2 Å². The molecule has 0 fully saturated rings. The Hall–Kier alpha value is -2.36. The molecule has 2 aromatic rings. The first kappa shape index (κ1) is 16.0. The second kappa shape index (κ2) is 7.07. The highest BCUT2D eigenvalue weighted by Crippen LogP contribution is 2.17. The Morgan fingerprint density at radius 3 is 2.55 bits per heavy atom. The van der Waals surface area contributed by atoms with Crippen molar-refractivity contribution in [1.82, 2.24) is 4.98 Å². The average molecular weight is 297 g/mol. The van der Waals surface area contributed by atoms with Crippen molar-refractivity contribution in [1.29, 1.82) is 0 Å². The van der Waals surface area contributed by atoms with Gasteiger partial charge in [0.05, 0.1) is 11.9 Å². The van der Waals surface area contributed by atoms with Gasteiger partial charge in [0.2, 0.25) is 0 Å². The first-order valence-electron chi connectivity index (χ1n) is 7.54. The summed E-state index contributed by atoms with van der Waals surface area (Å²) in [5.41, 5.74) is 4.38. The Balaban J connectivity index is 2.03. The summed E-state index contributed by atoms with van der Waals surface area (Å²) in [6.07, 6.45) is 1.69. The molecule has 4 nitrogen and oxygen atoms in total. The smallest absolute Gasteiger partial charge is 0.274 e. The average Bonchev–Trinajstić information content (AvgIpc) is 2.48. The van der Waals surface area contributed by atoms with Crippen LogP contribution in [-0.4, -0.2) is 17.4 Å². The topological polar surface area (TPSA) is 54.0 Å². The van der Waals surface area contributed by atoms with Crippen LogP contribution in [0.15, 0.2) is 36.5 Å². The Labute approximate surface area is 132 Å². The summed E-state index contributed by atoms with van der Waals surface area (Å²) in [5, 5.41) is 6.18. The lowest BCUT2D eigenvalue weighted by atomic mass is 10.1. The number of amides is 1. The Kier molecular flexibility index (Phi) is 5.15. The Bertz CT molecular complexity index is 648. The summed E-state index contributed by atoms with van der Waals surface area (Å²) in [5.74, 6) is 0.370. The quantitative estimate of drug-likeness (QED) is 0.876. The summed E-state index contributed by atoms with van der Waals surface area (Å²) in [6, 6.07) is 9.56. The minimum absolute atomic E-state index is 0.192. The van der Waals surface area contributed by atoms with E-state index in [1.165, 1.54) is 5.56 Å². The molecule has 0 aliphatic carbocycles. The highest BCUT2D eigenvalue weighted by atomic mass is 16.1. The first-order chi connectivity index (χ1) is 10.5. The predicted molar refractivity (Wildman–Crippen MR) is 91.4 cm³/mol. The monoisotopic (exact) mass is 297 g/mol. The second-order valence-corrected chi connectivity index (χ2v) is 5.98. The van der Waals surface area contributed by atoms with Gasteiger partial charge >= 0.3 is 0 Å². The molecule has 116 valence electrons. The molecule has 0 spiro atoms. The maximum absolute atomic E-state index is 12.2. The van der Waals surface area contributed by atoms with E-state index >= 15 is 0 Å². The molecule has 4 heteroatoms. The molecule has 2 rings (SSSR count). The van der Waals surface area contributed by atoms with Crippen molar-refractivity contribution < 1.29 is 4.79 Å². The maximum atomic E-state index is 12.2. The fourth-order valence-electron chi connectivity index (χ4n) is 2.09. The number of anilines is 2. The van der Waals surface area contributed by atoms with E-state index in [9.17, 15) is 4.79 Å². The normalized spacial score (nSPS) is 10.6. The second-order valence-electron chi connectivity index (χ2n) is 5.98. The number of nitrogens with one attached hydrogen (secondary N) is 2. The van der Waals surface area contributed by atoms with Gasteiger partial charge in [-0.15, -0.1) is 0 Å². The van der Waals surface area contributed by atoms with Crippen molar-refractivity contribution in [2.75, 3.05) is 17.2 Å². The number of aryl methyl sites for hydroxylation is 2. The molecule has 0 unspecified atom stereocenters. The van der Waals surface area contributed by atoms with E-state index in [2.05, 4.69) is 29.5 Å². The summed E-state index contributed by atoms with van der Waals surface area (Å²) < 4.78 is 0. The lowest BCUT2D eigenvalue weighted by Crippen LogP contribution is -2.15. The lowest BCUT2D eigenvalue weighted by molar-refractivity contribution is 0.102. The van der Waals surface area contributed by atoms with Gasteiger partial charge in [-0.3, -0.25) is 4.79 Å². The van der Waals surface area contributed by atoms with E-state index in [1.807, 2.05) is 38.1 Å². The summed E-state index contributed by atoms with van der Waals surface area (Å²) in [4.78, 5) is 16.5. The molecule has 0 radical (unpaired) electrons. The predicted octanol–water partition coefficient (Wildman–Crippen LogP) is 4.02. The summed E-state index contributed by atoms with van der Waals surface area (Å²) >= 11 is 0. The van der Waals surface area contributed by atoms with Crippen LogP contribution < -0.4 is 10.6 Å². The van der Waals surface area contributed by atoms with Gasteiger partial charge in [0.15, 0.2) is 0 Å². The molecular weight excluding hydrogens is 274 g/mol. The number of hydrogen-bond acceptors (Lipinski definition) is 3. The highest BCUT2D eigenvalue weighted by Gasteiger charge is 2.09. The molecule has 0 atom stereocenters. The molecule has 1 aromatic carbocycles. The van der Waals surface area contributed by atoms with Crippen LogP contribution in [0.4, 0.5) is 11.4 Å². The van der Waals surface area contributed by atoms with E-state index in [4.69, 9.17) is 0 Å². The van der Waals surface area contributed by atoms with Gasteiger partial charge in [0.1, 0.15) is 5.69 Å². The Morgan fingerprint density at radius 1 is 1.18 bits per heavy atom. The third kappa shape index (κ3) is 4.32. The van der Waals surface area contributed by atoms with Crippen LogP contribution in [-0.2, 0) is 0 Å². The summed E-state index contributed by atoms with van der Waals surface area (Å²) in [6.45, 7) is 9.19. The first-order valence-corrected chi connectivity index (χ1v) is 7.54. The zero-order valence-electron chi connectivity index (χ0n) is 13.6. The van der Waals surface area contributed by atoms with Gasteiger partial charge in [-0.25, -0.2) is 4.98 Å². The van der Waals surface area contributed by atoms with E-state index < -0.39 is 0 Å². The maximum Gasteiger partial charge on any atom is 0.274 e. The van der Waals surface area contributed by atoms with Crippen molar-refractivity contribution in [2.24, 2.45) is 5.92 Å². The van der Waals surface area contributed by atoms with Gasteiger partial charge in [-0.2, -0.15) is 0 Å². The molecule has 0 saturated carbocycles. The largest absolute Gasteiger partial charge is 0.384 e. The standard InChI is InChI=1S/C18H23N3O/c1-12(2)10-19-15-6-8-17(20-11-15)18(22)21-16-7-5-13(3)9-14(16)4/h5-9,11-12,19H,10H2,1-4H3,(H,21,22). The molecule has 1 aromatic heterocycles. The van der Waals surface area contributed by atoms with Crippen LogP contribution in [0.2, 0.25) is 0 Å². The van der Waals surface area contributed by atoms with Crippen LogP contribution in [0.1, 0.15) is 35.5 Å². The minimum atomic E-state index is -0.192. The van der Waals surface area contributed by atoms with Crippen molar-refractivity contribution in [3.63, 3.8) is 0 Å². The number of carbonyl (C=O) groups is 1. The molecule has 22 heavy (non-hydrogen) atoms. The fraction of sp³-hybridized carbons (Fsp3) is 0.333.